The van der Waals surface area contributed by atoms with Crippen LogP contribution >= 0.6 is 11.6 Å². The zero-order chi connectivity index (χ0) is 17.5. The van der Waals surface area contributed by atoms with Gasteiger partial charge in [-0.15, -0.1) is 0 Å². The van der Waals surface area contributed by atoms with Gasteiger partial charge in [0.1, 0.15) is 5.82 Å². The highest BCUT2D eigenvalue weighted by atomic mass is 35.5. The van der Waals surface area contributed by atoms with Gasteiger partial charge in [-0.1, -0.05) is 48.0 Å². The highest BCUT2D eigenvalue weighted by Gasteiger charge is 2.14. The summed E-state index contributed by atoms with van der Waals surface area (Å²) in [5.74, 6) is -0.760. The zero-order valence-electron chi connectivity index (χ0n) is 13.7. The first kappa shape index (κ1) is 18.2. The summed E-state index contributed by atoms with van der Waals surface area (Å²) in [6.07, 6.45) is 2.70. The number of carbonyl (C=O) groups is 1. The molecule has 0 fully saturated rings. The number of halogens is 2. The topological polar surface area (TPSA) is 32.3 Å². The number of carbonyl (C=O) groups excluding carboxylic acids is 1. The Morgan fingerprint density at radius 2 is 1.92 bits per heavy atom. The van der Waals surface area contributed by atoms with E-state index in [9.17, 15) is 9.18 Å². The van der Waals surface area contributed by atoms with E-state index in [-0.39, 0.29) is 22.5 Å². The molecule has 0 heterocycles. The second-order valence-electron chi connectivity index (χ2n) is 5.70. The molecule has 0 radical (unpaired) electrons. The van der Waals surface area contributed by atoms with E-state index in [2.05, 4.69) is 5.32 Å². The van der Waals surface area contributed by atoms with Crippen LogP contribution in [0.15, 0.2) is 54.6 Å². The van der Waals surface area contributed by atoms with E-state index in [1.807, 2.05) is 49.3 Å². The molecular weight excluding hydrogens is 327 g/mol. The second kappa shape index (κ2) is 8.62. The minimum atomic E-state index is -0.459. The molecule has 2 aromatic carbocycles. The maximum atomic E-state index is 13.7. The van der Waals surface area contributed by atoms with Crippen molar-refractivity contribution in [3.63, 3.8) is 0 Å². The van der Waals surface area contributed by atoms with E-state index >= 15 is 0 Å². The van der Waals surface area contributed by atoms with Gasteiger partial charge in [0.25, 0.3) is 0 Å². The monoisotopic (exact) mass is 346 g/mol. The Bertz CT molecular complexity index is 696. The van der Waals surface area contributed by atoms with Crippen molar-refractivity contribution >= 4 is 23.6 Å². The Hall–Kier alpha value is -2.17. The van der Waals surface area contributed by atoms with Gasteiger partial charge in [0.05, 0.1) is 11.1 Å². The molecule has 0 aromatic heterocycles. The van der Waals surface area contributed by atoms with E-state index in [0.717, 1.165) is 5.56 Å². The fraction of sp³-hybridized carbons (Fsp3) is 0.211. The Morgan fingerprint density at radius 1 is 1.21 bits per heavy atom. The van der Waals surface area contributed by atoms with Crippen LogP contribution in [-0.2, 0) is 4.79 Å². The average molecular weight is 347 g/mol. The summed E-state index contributed by atoms with van der Waals surface area (Å²) >= 11 is 5.95. The van der Waals surface area contributed by atoms with Crippen LogP contribution in [0.4, 0.5) is 4.39 Å². The van der Waals surface area contributed by atoms with Crippen molar-refractivity contribution in [1.82, 2.24) is 10.2 Å². The van der Waals surface area contributed by atoms with Crippen LogP contribution < -0.4 is 5.32 Å². The zero-order valence-corrected chi connectivity index (χ0v) is 14.4. The van der Waals surface area contributed by atoms with Crippen molar-refractivity contribution in [1.29, 1.82) is 0 Å². The summed E-state index contributed by atoms with van der Waals surface area (Å²) in [5, 5.41) is 3.21. The Morgan fingerprint density at radius 3 is 2.54 bits per heavy atom. The smallest absolute Gasteiger partial charge is 0.244 e. The molecule has 126 valence electrons. The van der Waals surface area contributed by atoms with Crippen molar-refractivity contribution in [3.05, 3.63) is 76.6 Å². The quantitative estimate of drug-likeness (QED) is 0.804. The van der Waals surface area contributed by atoms with Gasteiger partial charge in [0.15, 0.2) is 0 Å². The molecule has 0 aliphatic rings. The van der Waals surface area contributed by atoms with E-state index in [1.54, 1.807) is 6.07 Å². The lowest BCUT2D eigenvalue weighted by atomic mass is 10.1. The normalized spacial score (nSPS) is 12.5. The molecule has 0 spiro atoms. The summed E-state index contributed by atoms with van der Waals surface area (Å²) in [5.41, 5.74) is 1.22. The van der Waals surface area contributed by atoms with Crippen LogP contribution in [0, 0.1) is 5.82 Å². The van der Waals surface area contributed by atoms with Crippen molar-refractivity contribution < 1.29 is 9.18 Å². The lowest BCUT2D eigenvalue weighted by Gasteiger charge is -2.22. The van der Waals surface area contributed by atoms with Crippen molar-refractivity contribution in [2.75, 3.05) is 20.6 Å². The Labute approximate surface area is 146 Å². The molecule has 1 amide bonds. The minimum Gasteiger partial charge on any atom is -0.344 e. The fourth-order valence-corrected chi connectivity index (χ4v) is 2.56. The first-order valence-electron chi connectivity index (χ1n) is 7.59. The molecule has 0 saturated heterocycles. The standard InChI is InChI=1S/C19H20ClFN2O/c1-23(2)13-18(14-7-4-3-5-8-14)22-19(24)12-11-15-16(20)9-6-10-17(15)21/h3-12,18H,13H2,1-2H3,(H,22,24)/b12-11+. The molecule has 3 nitrogen and oxygen atoms in total. The molecule has 0 saturated carbocycles. The van der Waals surface area contributed by atoms with Crippen LogP contribution in [-0.4, -0.2) is 31.4 Å². The van der Waals surface area contributed by atoms with Crippen LogP contribution in [0.5, 0.6) is 0 Å². The highest BCUT2D eigenvalue weighted by molar-refractivity contribution is 6.32. The van der Waals surface area contributed by atoms with Crippen molar-refractivity contribution in [2.45, 2.75) is 6.04 Å². The largest absolute Gasteiger partial charge is 0.344 e. The summed E-state index contributed by atoms with van der Waals surface area (Å²) in [4.78, 5) is 14.2. The summed E-state index contributed by atoms with van der Waals surface area (Å²) in [6, 6.07) is 14.0. The maximum absolute atomic E-state index is 13.7. The molecule has 2 aromatic rings. The predicted molar refractivity (Wildman–Crippen MR) is 96.3 cm³/mol. The summed E-state index contributed by atoms with van der Waals surface area (Å²) in [6.45, 7) is 0.657. The molecule has 0 bridgehead atoms. The first-order valence-corrected chi connectivity index (χ1v) is 7.97. The van der Waals surface area contributed by atoms with Gasteiger partial charge in [-0.3, -0.25) is 4.79 Å². The van der Waals surface area contributed by atoms with Gasteiger partial charge >= 0.3 is 0 Å². The first-order chi connectivity index (χ1) is 11.5. The Balaban J connectivity index is 2.12. The number of hydrogen-bond donors (Lipinski definition) is 1. The molecule has 1 unspecified atom stereocenters. The van der Waals surface area contributed by atoms with Crippen LogP contribution in [0.2, 0.25) is 5.02 Å². The van der Waals surface area contributed by atoms with Crippen molar-refractivity contribution in [2.24, 2.45) is 0 Å². The molecular formula is C19H20ClFN2O. The van der Waals surface area contributed by atoms with E-state index in [0.29, 0.717) is 6.54 Å². The van der Waals surface area contributed by atoms with Gasteiger partial charge < -0.3 is 10.2 Å². The molecule has 5 heteroatoms. The number of likely N-dealkylation sites (N-methyl/N-ethyl adjacent to an activating group) is 1. The lowest BCUT2D eigenvalue weighted by molar-refractivity contribution is -0.117. The van der Waals surface area contributed by atoms with Gasteiger partial charge in [-0.25, -0.2) is 4.39 Å². The second-order valence-corrected chi connectivity index (χ2v) is 6.11. The number of nitrogens with zero attached hydrogens (tertiary/aromatic N) is 1. The summed E-state index contributed by atoms with van der Waals surface area (Å²) < 4.78 is 13.7. The fourth-order valence-electron chi connectivity index (χ4n) is 2.33. The van der Waals surface area contributed by atoms with Gasteiger partial charge in [0, 0.05) is 18.2 Å². The maximum Gasteiger partial charge on any atom is 0.244 e. The molecule has 2 rings (SSSR count). The molecule has 0 aliphatic heterocycles. The average Bonchev–Trinajstić information content (AvgIpc) is 2.54. The van der Waals surface area contributed by atoms with Gasteiger partial charge in [0.2, 0.25) is 5.91 Å². The number of nitrogens with one attached hydrogen (secondary N) is 1. The van der Waals surface area contributed by atoms with E-state index < -0.39 is 5.82 Å². The lowest BCUT2D eigenvalue weighted by Crippen LogP contribution is -2.34. The predicted octanol–water partition coefficient (Wildman–Crippen LogP) is 3.91. The van der Waals surface area contributed by atoms with Crippen LogP contribution in [0.25, 0.3) is 6.08 Å². The number of hydrogen-bond acceptors (Lipinski definition) is 2. The third kappa shape index (κ3) is 5.18. The van der Waals surface area contributed by atoms with Crippen LogP contribution in [0.1, 0.15) is 17.2 Å². The number of rotatable bonds is 6. The van der Waals surface area contributed by atoms with Gasteiger partial charge in [-0.2, -0.15) is 0 Å². The molecule has 1 atom stereocenters. The number of benzene rings is 2. The number of amides is 1. The van der Waals surface area contributed by atoms with Gasteiger partial charge in [-0.05, 0) is 37.9 Å². The van der Waals surface area contributed by atoms with Crippen LogP contribution in [0.3, 0.4) is 0 Å². The molecule has 1 N–H and O–H groups in total. The molecule has 24 heavy (non-hydrogen) atoms. The summed E-state index contributed by atoms with van der Waals surface area (Å²) in [7, 11) is 3.88. The van der Waals surface area contributed by atoms with E-state index in [4.69, 9.17) is 11.6 Å². The minimum absolute atomic E-state index is 0.158. The SMILES string of the molecule is CN(C)CC(NC(=O)/C=C/c1c(F)cccc1Cl)c1ccccc1. The Kier molecular flexibility index (Phi) is 6.53. The third-order valence-corrected chi connectivity index (χ3v) is 3.80. The van der Waals surface area contributed by atoms with E-state index in [1.165, 1.54) is 24.3 Å². The highest BCUT2D eigenvalue weighted by Crippen LogP contribution is 2.20. The van der Waals surface area contributed by atoms with Crippen molar-refractivity contribution in [3.8, 4) is 0 Å². The third-order valence-electron chi connectivity index (χ3n) is 3.47. The molecule has 0 aliphatic carbocycles.